The van der Waals surface area contributed by atoms with Gasteiger partial charge in [-0.3, -0.25) is 0 Å². The van der Waals surface area contributed by atoms with Crippen molar-refractivity contribution in [2.24, 2.45) is 0 Å². The van der Waals surface area contributed by atoms with Crippen LogP contribution in [0.1, 0.15) is 36.6 Å². The van der Waals surface area contributed by atoms with Crippen LogP contribution in [-0.2, 0) is 5.54 Å². The molecule has 0 unspecified atom stereocenters. The Hall–Kier alpha value is -1.14. The summed E-state index contributed by atoms with van der Waals surface area (Å²) in [5, 5.41) is 6.83. The molecule has 2 rings (SSSR count). The highest BCUT2D eigenvalue weighted by atomic mass is 32.1. The van der Waals surface area contributed by atoms with Crippen molar-refractivity contribution < 1.29 is 4.79 Å². The molecule has 2 amide bonds. The Balaban J connectivity index is 1.75. The Morgan fingerprint density at radius 1 is 1.55 bits per heavy atom. The van der Waals surface area contributed by atoms with Crippen LogP contribution in [0, 0.1) is 6.92 Å². The predicted molar refractivity (Wildman–Crippen MR) is 82.1 cm³/mol. The first-order chi connectivity index (χ1) is 9.38. The lowest BCUT2D eigenvalue weighted by atomic mass is 10.1. The normalized spacial score (nSPS) is 15.4. The van der Waals surface area contributed by atoms with Gasteiger partial charge in [0.25, 0.3) is 0 Å². The topological polar surface area (TPSA) is 57.3 Å². The number of urea groups is 1. The summed E-state index contributed by atoms with van der Waals surface area (Å²) in [7, 11) is 2.11. The van der Waals surface area contributed by atoms with Crippen molar-refractivity contribution in [1.29, 1.82) is 0 Å². The first-order valence-electron chi connectivity index (χ1n) is 7.07. The second kappa shape index (κ2) is 6.10. The van der Waals surface area contributed by atoms with E-state index in [0.29, 0.717) is 6.54 Å². The molecule has 0 radical (unpaired) electrons. The van der Waals surface area contributed by atoms with Gasteiger partial charge < -0.3 is 15.5 Å². The van der Waals surface area contributed by atoms with Crippen molar-refractivity contribution in [2.45, 2.75) is 45.2 Å². The maximum Gasteiger partial charge on any atom is 0.315 e. The molecule has 1 aromatic rings. The number of amides is 2. The van der Waals surface area contributed by atoms with Crippen molar-refractivity contribution in [3.63, 3.8) is 0 Å². The van der Waals surface area contributed by atoms with Crippen LogP contribution in [-0.4, -0.2) is 42.1 Å². The third kappa shape index (κ3) is 4.18. The van der Waals surface area contributed by atoms with Crippen molar-refractivity contribution in [3.05, 3.63) is 16.1 Å². The number of likely N-dealkylation sites (N-methyl/N-ethyl adjacent to an activating group) is 1. The molecule has 5 nitrogen and oxygen atoms in total. The number of aryl methyl sites for hydroxylation is 1. The zero-order valence-electron chi connectivity index (χ0n) is 12.7. The van der Waals surface area contributed by atoms with E-state index in [1.165, 1.54) is 12.8 Å². The van der Waals surface area contributed by atoms with Crippen molar-refractivity contribution in [3.8, 4) is 0 Å². The first-order valence-corrected chi connectivity index (χ1v) is 7.89. The summed E-state index contributed by atoms with van der Waals surface area (Å²) in [6.45, 7) is 7.54. The molecule has 1 aromatic heterocycles. The third-order valence-corrected chi connectivity index (χ3v) is 4.74. The Bertz CT molecular complexity index is 467. The van der Waals surface area contributed by atoms with Gasteiger partial charge in [-0.05, 0) is 40.7 Å². The van der Waals surface area contributed by atoms with E-state index in [0.717, 1.165) is 22.5 Å². The highest BCUT2D eigenvalue weighted by Gasteiger charge is 2.27. The van der Waals surface area contributed by atoms with E-state index < -0.39 is 5.54 Å². The molecule has 1 aliphatic rings. The average Bonchev–Trinajstić information content (AvgIpc) is 3.10. The molecule has 1 fully saturated rings. The fraction of sp³-hybridized carbons (Fsp3) is 0.714. The van der Waals surface area contributed by atoms with Gasteiger partial charge in [-0.1, -0.05) is 0 Å². The standard InChI is InChI=1S/C14H24N4OS/c1-10-9-16-12(20-10)14(2,3)17-13(19)15-7-8-18(4)11-5-6-11/h9,11H,5-8H2,1-4H3,(H2,15,17,19). The number of carbonyl (C=O) groups is 1. The fourth-order valence-electron chi connectivity index (χ4n) is 2.07. The van der Waals surface area contributed by atoms with E-state index >= 15 is 0 Å². The van der Waals surface area contributed by atoms with Gasteiger partial charge in [0, 0.05) is 30.2 Å². The molecule has 0 spiro atoms. The molecule has 1 aliphatic carbocycles. The van der Waals surface area contributed by atoms with Crippen LogP contribution in [0.2, 0.25) is 0 Å². The average molecular weight is 296 g/mol. The highest BCUT2D eigenvalue weighted by molar-refractivity contribution is 7.11. The minimum absolute atomic E-state index is 0.132. The molecule has 0 atom stereocenters. The summed E-state index contributed by atoms with van der Waals surface area (Å²) < 4.78 is 0. The number of nitrogens with zero attached hydrogens (tertiary/aromatic N) is 2. The van der Waals surface area contributed by atoms with E-state index in [4.69, 9.17) is 0 Å². The molecular weight excluding hydrogens is 272 g/mol. The van der Waals surface area contributed by atoms with Gasteiger partial charge in [-0.25, -0.2) is 9.78 Å². The molecule has 112 valence electrons. The smallest absolute Gasteiger partial charge is 0.315 e. The van der Waals surface area contributed by atoms with Gasteiger partial charge in [-0.15, -0.1) is 11.3 Å². The maximum absolute atomic E-state index is 11.9. The number of hydrogen-bond acceptors (Lipinski definition) is 4. The lowest BCUT2D eigenvalue weighted by Crippen LogP contribution is -2.47. The molecule has 0 bridgehead atoms. The second-order valence-corrected chi connectivity index (χ2v) is 7.23. The summed E-state index contributed by atoms with van der Waals surface area (Å²) in [5.41, 5.74) is -0.439. The van der Waals surface area contributed by atoms with Crippen LogP contribution in [0.25, 0.3) is 0 Å². The van der Waals surface area contributed by atoms with E-state index in [-0.39, 0.29) is 6.03 Å². The zero-order valence-corrected chi connectivity index (χ0v) is 13.5. The molecule has 6 heteroatoms. The quantitative estimate of drug-likeness (QED) is 0.845. The third-order valence-electron chi connectivity index (χ3n) is 3.50. The summed E-state index contributed by atoms with van der Waals surface area (Å²) in [6, 6.07) is 0.599. The molecule has 0 aromatic carbocycles. The number of aromatic nitrogens is 1. The fourth-order valence-corrected chi connectivity index (χ4v) is 2.89. The number of hydrogen-bond donors (Lipinski definition) is 2. The molecule has 2 N–H and O–H groups in total. The summed E-state index contributed by atoms with van der Waals surface area (Å²) in [6.07, 6.45) is 4.42. The monoisotopic (exact) mass is 296 g/mol. The van der Waals surface area contributed by atoms with Gasteiger partial charge in [0.05, 0.1) is 5.54 Å². The van der Waals surface area contributed by atoms with Gasteiger partial charge in [0.2, 0.25) is 0 Å². The van der Waals surface area contributed by atoms with Crippen LogP contribution < -0.4 is 10.6 Å². The van der Waals surface area contributed by atoms with Gasteiger partial charge in [0.15, 0.2) is 0 Å². The SMILES string of the molecule is Cc1cnc(C(C)(C)NC(=O)NCCN(C)C2CC2)s1. The molecule has 1 saturated carbocycles. The van der Waals surface area contributed by atoms with E-state index in [1.807, 2.05) is 27.0 Å². The number of thiazole rings is 1. The number of carbonyl (C=O) groups excluding carboxylic acids is 1. The van der Waals surface area contributed by atoms with Crippen LogP contribution in [0.4, 0.5) is 4.79 Å². The second-order valence-electron chi connectivity index (χ2n) is 5.99. The number of rotatable bonds is 6. The summed E-state index contributed by atoms with van der Waals surface area (Å²) >= 11 is 1.62. The summed E-state index contributed by atoms with van der Waals surface area (Å²) in [4.78, 5) is 19.7. The molecular formula is C14H24N4OS. The van der Waals surface area contributed by atoms with E-state index in [9.17, 15) is 4.79 Å². The zero-order chi connectivity index (χ0) is 14.8. The predicted octanol–water partition coefficient (Wildman–Crippen LogP) is 2.08. The van der Waals surface area contributed by atoms with E-state index in [2.05, 4.69) is 27.6 Å². The van der Waals surface area contributed by atoms with Crippen LogP contribution in [0.3, 0.4) is 0 Å². The van der Waals surface area contributed by atoms with E-state index in [1.54, 1.807) is 11.3 Å². The maximum atomic E-state index is 11.9. The Morgan fingerprint density at radius 2 is 2.25 bits per heavy atom. The molecule has 0 saturated heterocycles. The minimum atomic E-state index is -0.439. The van der Waals surface area contributed by atoms with Gasteiger partial charge in [-0.2, -0.15) is 0 Å². The van der Waals surface area contributed by atoms with Crippen LogP contribution in [0.5, 0.6) is 0 Å². The largest absolute Gasteiger partial charge is 0.337 e. The van der Waals surface area contributed by atoms with Crippen molar-refractivity contribution in [2.75, 3.05) is 20.1 Å². The highest BCUT2D eigenvalue weighted by Crippen LogP contribution is 2.25. The molecule has 0 aliphatic heterocycles. The van der Waals surface area contributed by atoms with Gasteiger partial charge in [0.1, 0.15) is 5.01 Å². The first kappa shape index (κ1) is 15.3. The lowest BCUT2D eigenvalue weighted by molar-refractivity contribution is 0.227. The van der Waals surface area contributed by atoms with Crippen molar-refractivity contribution in [1.82, 2.24) is 20.5 Å². The van der Waals surface area contributed by atoms with Crippen LogP contribution in [0.15, 0.2) is 6.20 Å². The summed E-state index contributed by atoms with van der Waals surface area (Å²) in [5.74, 6) is 0. The van der Waals surface area contributed by atoms with Crippen molar-refractivity contribution >= 4 is 17.4 Å². The minimum Gasteiger partial charge on any atom is -0.337 e. The lowest BCUT2D eigenvalue weighted by Gasteiger charge is -2.24. The Labute approximate surface area is 124 Å². The number of nitrogens with one attached hydrogen (secondary N) is 2. The Kier molecular flexibility index (Phi) is 4.65. The molecule has 1 heterocycles. The van der Waals surface area contributed by atoms with Crippen LogP contribution >= 0.6 is 11.3 Å². The Morgan fingerprint density at radius 3 is 2.80 bits per heavy atom. The molecule has 20 heavy (non-hydrogen) atoms. The van der Waals surface area contributed by atoms with Gasteiger partial charge >= 0.3 is 6.03 Å².